The van der Waals surface area contributed by atoms with Crippen LogP contribution in [0, 0.1) is 0 Å². The number of fused-ring (bicyclic) bond motifs is 2. The highest BCUT2D eigenvalue weighted by Crippen LogP contribution is 2.29. The van der Waals surface area contributed by atoms with Gasteiger partial charge >= 0.3 is 0 Å². The first kappa shape index (κ1) is 21.7. The molecule has 2 aromatic carbocycles. The van der Waals surface area contributed by atoms with Gasteiger partial charge in [-0.15, -0.1) is 0 Å². The van der Waals surface area contributed by atoms with Crippen molar-refractivity contribution in [3.05, 3.63) is 93.8 Å². The zero-order valence-corrected chi connectivity index (χ0v) is 19.2. The summed E-state index contributed by atoms with van der Waals surface area (Å²) in [6, 6.07) is 16.4. The van der Waals surface area contributed by atoms with E-state index in [2.05, 4.69) is 25.6 Å². The monoisotopic (exact) mass is 472 g/mol. The number of benzene rings is 2. The Morgan fingerprint density at radius 1 is 1.09 bits per heavy atom. The molecule has 0 aliphatic rings. The normalized spacial score (nSPS) is 12.1. The van der Waals surface area contributed by atoms with E-state index in [1.54, 1.807) is 23.9 Å². The van der Waals surface area contributed by atoms with Gasteiger partial charge in [0.1, 0.15) is 17.8 Å². The number of carbonyl (C=O) groups excluding carboxylic acids is 1. The molecule has 1 unspecified atom stereocenters. The molecule has 0 spiro atoms. The predicted octanol–water partition coefficient (Wildman–Crippen LogP) is 4.45. The van der Waals surface area contributed by atoms with Gasteiger partial charge in [-0.3, -0.25) is 14.2 Å². The molecule has 9 heteroatoms. The summed E-state index contributed by atoms with van der Waals surface area (Å²) in [6.07, 6.45) is 3.03. The summed E-state index contributed by atoms with van der Waals surface area (Å²) in [4.78, 5) is 37.7. The number of nitrogens with one attached hydrogen (secondary N) is 3. The number of aromatic amines is 1. The van der Waals surface area contributed by atoms with Gasteiger partial charge in [0, 0.05) is 24.6 Å². The number of hydrogen-bond acceptors (Lipinski definition) is 5. The van der Waals surface area contributed by atoms with E-state index in [4.69, 9.17) is 11.6 Å². The molecular formula is C25H21ClN6O2. The third-order valence-electron chi connectivity index (χ3n) is 5.78. The summed E-state index contributed by atoms with van der Waals surface area (Å²) in [7, 11) is 1.57. The van der Waals surface area contributed by atoms with E-state index in [1.807, 2.05) is 55.5 Å². The van der Waals surface area contributed by atoms with Crippen LogP contribution in [0.4, 0.5) is 5.82 Å². The summed E-state index contributed by atoms with van der Waals surface area (Å²) in [5, 5.41) is 8.20. The Bertz CT molecular complexity index is 1590. The van der Waals surface area contributed by atoms with Gasteiger partial charge in [-0.2, -0.15) is 0 Å². The Balaban J connectivity index is 1.69. The molecule has 0 fully saturated rings. The quantitative estimate of drug-likeness (QED) is 0.350. The van der Waals surface area contributed by atoms with Crippen molar-refractivity contribution in [2.75, 3.05) is 12.4 Å². The number of H-pyrrole nitrogens is 1. The number of halogens is 1. The molecule has 3 N–H and O–H groups in total. The maximum atomic E-state index is 13.6. The van der Waals surface area contributed by atoms with Crippen molar-refractivity contribution in [3.8, 4) is 5.69 Å². The van der Waals surface area contributed by atoms with Gasteiger partial charge in [0.25, 0.3) is 11.5 Å². The number of anilines is 1. The van der Waals surface area contributed by atoms with Crippen LogP contribution in [0.25, 0.3) is 27.5 Å². The van der Waals surface area contributed by atoms with E-state index in [1.165, 1.54) is 6.33 Å². The second-order valence-electron chi connectivity index (χ2n) is 7.84. The maximum absolute atomic E-state index is 13.6. The summed E-state index contributed by atoms with van der Waals surface area (Å²) in [5.74, 6) is 0.230. The van der Waals surface area contributed by atoms with Crippen LogP contribution in [0.3, 0.4) is 0 Å². The smallest absolute Gasteiger partial charge is 0.264 e. The molecule has 0 aliphatic carbocycles. The number of amides is 1. The third-order valence-corrected chi connectivity index (χ3v) is 6.09. The molecule has 5 aromatic rings. The van der Waals surface area contributed by atoms with Gasteiger partial charge in [-0.05, 0) is 36.6 Å². The third kappa shape index (κ3) is 3.58. The van der Waals surface area contributed by atoms with E-state index < -0.39 is 0 Å². The second-order valence-corrected chi connectivity index (χ2v) is 8.25. The molecule has 8 nitrogen and oxygen atoms in total. The van der Waals surface area contributed by atoms with Crippen LogP contribution in [-0.2, 0) is 0 Å². The minimum Gasteiger partial charge on any atom is -0.361 e. The molecule has 170 valence electrons. The standard InChI is InChI=1S/C25H21ClN6O2/c1-14(31-23-21-17(24(33)27-2)12-28-22(21)29-13-30-23)19-11-15-7-6-10-18(26)20(15)25(34)32(19)16-8-4-3-5-9-16/h3-14H,1-2H3,(H,27,33)(H2,28,29,30,31). The van der Waals surface area contributed by atoms with Gasteiger partial charge in [-0.1, -0.05) is 41.9 Å². The molecular weight excluding hydrogens is 452 g/mol. The van der Waals surface area contributed by atoms with E-state index in [9.17, 15) is 9.59 Å². The van der Waals surface area contributed by atoms with Crippen molar-refractivity contribution in [2.24, 2.45) is 0 Å². The Morgan fingerprint density at radius 3 is 2.65 bits per heavy atom. The Labute approximate surface area is 199 Å². The van der Waals surface area contributed by atoms with Crippen LogP contribution in [-0.4, -0.2) is 32.5 Å². The fourth-order valence-electron chi connectivity index (χ4n) is 4.17. The predicted molar refractivity (Wildman–Crippen MR) is 134 cm³/mol. The van der Waals surface area contributed by atoms with Crippen LogP contribution in [0.2, 0.25) is 5.02 Å². The van der Waals surface area contributed by atoms with Crippen LogP contribution >= 0.6 is 11.6 Å². The highest BCUT2D eigenvalue weighted by molar-refractivity contribution is 6.35. The van der Waals surface area contributed by atoms with Crippen LogP contribution in [0.1, 0.15) is 29.0 Å². The van der Waals surface area contributed by atoms with Crippen LogP contribution in [0.15, 0.2) is 71.9 Å². The first-order valence-electron chi connectivity index (χ1n) is 10.7. The van der Waals surface area contributed by atoms with E-state index >= 15 is 0 Å². The minimum absolute atomic E-state index is 0.210. The zero-order chi connectivity index (χ0) is 23.8. The molecule has 0 radical (unpaired) electrons. The summed E-state index contributed by atoms with van der Waals surface area (Å²) >= 11 is 6.41. The van der Waals surface area contributed by atoms with Gasteiger partial charge in [0.15, 0.2) is 0 Å². The van der Waals surface area contributed by atoms with Crippen molar-refractivity contribution in [3.63, 3.8) is 0 Å². The first-order valence-corrected chi connectivity index (χ1v) is 11.1. The topological polar surface area (TPSA) is 105 Å². The van der Waals surface area contributed by atoms with Gasteiger partial charge in [-0.25, -0.2) is 9.97 Å². The summed E-state index contributed by atoms with van der Waals surface area (Å²) in [5.41, 5.74) is 2.19. The van der Waals surface area contributed by atoms with Gasteiger partial charge < -0.3 is 15.6 Å². The number of aromatic nitrogens is 4. The lowest BCUT2D eigenvalue weighted by Crippen LogP contribution is -2.26. The fourth-order valence-corrected chi connectivity index (χ4v) is 4.43. The summed E-state index contributed by atoms with van der Waals surface area (Å²) < 4.78 is 1.65. The van der Waals surface area contributed by atoms with Crippen molar-refractivity contribution < 1.29 is 4.79 Å². The molecule has 1 atom stereocenters. The Kier molecular flexibility index (Phi) is 5.51. The lowest BCUT2D eigenvalue weighted by molar-refractivity contribution is 0.0964. The van der Waals surface area contributed by atoms with Crippen molar-refractivity contribution in [1.29, 1.82) is 0 Å². The Hall–Kier alpha value is -4.17. The second kappa shape index (κ2) is 8.64. The fraction of sp³-hybridized carbons (Fsp3) is 0.120. The van der Waals surface area contributed by atoms with E-state index in [0.717, 1.165) is 16.8 Å². The first-order chi connectivity index (χ1) is 16.5. The van der Waals surface area contributed by atoms with Crippen molar-refractivity contribution in [2.45, 2.75) is 13.0 Å². The molecule has 3 aromatic heterocycles. The molecule has 1 amide bonds. The van der Waals surface area contributed by atoms with E-state index in [-0.39, 0.29) is 17.5 Å². The Morgan fingerprint density at radius 2 is 1.88 bits per heavy atom. The number of carbonyl (C=O) groups is 1. The minimum atomic E-state index is -0.359. The SMILES string of the molecule is CNC(=O)c1c[nH]c2ncnc(NC(C)c3cc4cccc(Cl)c4c(=O)n3-c3ccccc3)c12. The highest BCUT2D eigenvalue weighted by Gasteiger charge is 2.21. The molecule has 3 heterocycles. The van der Waals surface area contributed by atoms with Crippen molar-refractivity contribution >= 4 is 45.1 Å². The largest absolute Gasteiger partial charge is 0.361 e. The highest BCUT2D eigenvalue weighted by atomic mass is 35.5. The molecule has 0 aliphatic heterocycles. The zero-order valence-electron chi connectivity index (χ0n) is 18.5. The lowest BCUT2D eigenvalue weighted by atomic mass is 10.1. The molecule has 0 bridgehead atoms. The maximum Gasteiger partial charge on any atom is 0.264 e. The number of pyridine rings is 1. The summed E-state index contributed by atoms with van der Waals surface area (Å²) in [6.45, 7) is 1.94. The number of nitrogens with zero attached hydrogens (tertiary/aromatic N) is 3. The lowest BCUT2D eigenvalue weighted by Gasteiger charge is -2.22. The average Bonchev–Trinajstić information content (AvgIpc) is 3.29. The number of rotatable bonds is 5. The van der Waals surface area contributed by atoms with Gasteiger partial charge in [0.2, 0.25) is 0 Å². The molecule has 34 heavy (non-hydrogen) atoms. The van der Waals surface area contributed by atoms with Crippen molar-refractivity contribution in [1.82, 2.24) is 24.8 Å². The number of para-hydroxylation sites is 1. The molecule has 0 saturated heterocycles. The molecule has 5 rings (SSSR count). The van der Waals surface area contributed by atoms with Crippen LogP contribution in [0.5, 0.6) is 0 Å². The van der Waals surface area contributed by atoms with E-state index in [0.29, 0.717) is 32.8 Å². The van der Waals surface area contributed by atoms with Crippen LogP contribution < -0.4 is 16.2 Å². The molecule has 0 saturated carbocycles. The average molecular weight is 473 g/mol. The number of hydrogen-bond donors (Lipinski definition) is 3. The van der Waals surface area contributed by atoms with Gasteiger partial charge in [0.05, 0.1) is 27.4 Å².